The molecule has 2 aromatic carbocycles. The number of carbonyl (C=O) groups is 1. The number of ether oxygens (including phenoxy) is 2. The molecule has 2 unspecified atom stereocenters. The van der Waals surface area contributed by atoms with Gasteiger partial charge in [0.15, 0.2) is 0 Å². The number of nitrogens with two attached hydrogens (primary N) is 1. The summed E-state index contributed by atoms with van der Waals surface area (Å²) in [5.41, 5.74) is 6.01. The lowest BCUT2D eigenvalue weighted by Gasteiger charge is -2.32. The summed E-state index contributed by atoms with van der Waals surface area (Å²) in [6.07, 6.45) is 3.36. The second-order valence-corrected chi connectivity index (χ2v) is 6.08. The largest absolute Gasteiger partial charge is 0.462 e. The molecule has 0 aromatic heterocycles. The van der Waals surface area contributed by atoms with Crippen LogP contribution in [-0.2, 0) is 9.53 Å². The van der Waals surface area contributed by atoms with Crippen molar-refractivity contribution >= 4 is 22.8 Å². The maximum atomic E-state index is 10.8. The number of hydrogen-bond acceptors (Lipinski definition) is 4. The van der Waals surface area contributed by atoms with E-state index in [9.17, 15) is 9.90 Å². The number of aliphatic hydroxyl groups excluding tert-OH is 1. The highest BCUT2D eigenvalue weighted by Gasteiger charge is 2.29. The van der Waals surface area contributed by atoms with Gasteiger partial charge in [0.05, 0.1) is 6.10 Å². The van der Waals surface area contributed by atoms with Crippen molar-refractivity contribution in [1.29, 1.82) is 0 Å². The van der Waals surface area contributed by atoms with Gasteiger partial charge in [0.2, 0.25) is 12.2 Å². The smallest absolute Gasteiger partial charge is 0.241 e. The normalized spacial score (nSPS) is 24.3. The summed E-state index contributed by atoms with van der Waals surface area (Å²) < 4.78 is 11.5. The van der Waals surface area contributed by atoms with Crippen LogP contribution in [0.25, 0.3) is 16.8 Å². The summed E-state index contributed by atoms with van der Waals surface area (Å²) in [6, 6.07) is 11.5. The van der Waals surface area contributed by atoms with Crippen molar-refractivity contribution < 1.29 is 19.4 Å². The molecule has 0 aliphatic carbocycles. The Kier molecular flexibility index (Phi) is 4.83. The van der Waals surface area contributed by atoms with E-state index >= 15 is 0 Å². The van der Waals surface area contributed by atoms with E-state index < -0.39 is 18.3 Å². The molecule has 1 fully saturated rings. The SMILES string of the molecule is CC1CCC(O)[C@@H](Oc2ccc3cc(/C=C/C(N)=O)ccc3c2)O1. The van der Waals surface area contributed by atoms with Gasteiger partial charge in [0, 0.05) is 6.08 Å². The first-order valence-corrected chi connectivity index (χ1v) is 8.03. The van der Waals surface area contributed by atoms with Crippen molar-refractivity contribution in [2.45, 2.75) is 38.3 Å². The Morgan fingerprint density at radius 3 is 2.79 bits per heavy atom. The highest BCUT2D eigenvalue weighted by Crippen LogP contribution is 2.26. The molecule has 0 radical (unpaired) electrons. The lowest BCUT2D eigenvalue weighted by atomic mass is 10.1. The fraction of sp³-hybridized carbons (Fsp3) is 0.316. The van der Waals surface area contributed by atoms with Crippen molar-refractivity contribution in [3.05, 3.63) is 48.0 Å². The van der Waals surface area contributed by atoms with Gasteiger partial charge in [-0.05, 0) is 60.4 Å². The van der Waals surface area contributed by atoms with Gasteiger partial charge < -0.3 is 20.3 Å². The molecule has 0 bridgehead atoms. The minimum Gasteiger partial charge on any atom is -0.462 e. The maximum Gasteiger partial charge on any atom is 0.241 e. The fourth-order valence-electron chi connectivity index (χ4n) is 2.77. The Labute approximate surface area is 140 Å². The number of benzene rings is 2. The molecule has 1 aliphatic heterocycles. The van der Waals surface area contributed by atoms with E-state index in [1.165, 1.54) is 6.08 Å². The topological polar surface area (TPSA) is 81.8 Å². The van der Waals surface area contributed by atoms with E-state index in [2.05, 4.69) is 0 Å². The first-order chi connectivity index (χ1) is 11.5. The lowest BCUT2D eigenvalue weighted by Crippen LogP contribution is -2.41. The molecule has 1 amide bonds. The van der Waals surface area contributed by atoms with Crippen LogP contribution >= 0.6 is 0 Å². The van der Waals surface area contributed by atoms with Gasteiger partial charge in [-0.2, -0.15) is 0 Å². The van der Waals surface area contributed by atoms with Crippen LogP contribution in [0.3, 0.4) is 0 Å². The van der Waals surface area contributed by atoms with Crippen LogP contribution in [0.4, 0.5) is 0 Å². The number of rotatable bonds is 4. The number of primary amides is 1. The first-order valence-electron chi connectivity index (χ1n) is 8.03. The van der Waals surface area contributed by atoms with Gasteiger partial charge in [0.25, 0.3) is 0 Å². The van der Waals surface area contributed by atoms with E-state index in [1.807, 2.05) is 43.3 Å². The van der Waals surface area contributed by atoms with Gasteiger partial charge in [-0.3, -0.25) is 4.79 Å². The second kappa shape index (κ2) is 7.03. The minimum absolute atomic E-state index is 0.0819. The Morgan fingerprint density at radius 2 is 2.00 bits per heavy atom. The van der Waals surface area contributed by atoms with Crippen molar-refractivity contribution in [2.24, 2.45) is 5.73 Å². The summed E-state index contributed by atoms with van der Waals surface area (Å²) in [6.45, 7) is 1.98. The molecule has 5 heteroatoms. The zero-order valence-electron chi connectivity index (χ0n) is 13.5. The van der Waals surface area contributed by atoms with Crippen LogP contribution in [0.2, 0.25) is 0 Å². The number of fused-ring (bicyclic) bond motifs is 1. The minimum atomic E-state index is -0.635. The summed E-state index contributed by atoms with van der Waals surface area (Å²) in [7, 11) is 0. The Balaban J connectivity index is 1.78. The summed E-state index contributed by atoms with van der Waals surface area (Å²) >= 11 is 0. The Morgan fingerprint density at radius 1 is 1.25 bits per heavy atom. The monoisotopic (exact) mass is 327 g/mol. The van der Waals surface area contributed by atoms with Crippen molar-refractivity contribution in [2.75, 3.05) is 0 Å². The van der Waals surface area contributed by atoms with Crippen LogP contribution in [0.5, 0.6) is 5.75 Å². The van der Waals surface area contributed by atoms with Gasteiger partial charge in [-0.15, -0.1) is 0 Å². The van der Waals surface area contributed by atoms with E-state index in [0.717, 1.165) is 22.8 Å². The standard InChI is InChI=1S/C19H21NO4/c1-12-2-8-17(21)19(23-12)24-16-7-6-14-10-13(4-9-18(20)22)3-5-15(14)11-16/h3-7,9-12,17,19,21H,2,8H2,1H3,(H2,20,22)/b9-4+/t12?,17?,19-/m1/s1. The Bertz CT molecular complexity index is 771. The number of aliphatic hydroxyl groups is 1. The molecule has 1 saturated heterocycles. The van der Waals surface area contributed by atoms with Crippen LogP contribution in [-0.4, -0.2) is 29.5 Å². The highest BCUT2D eigenvalue weighted by molar-refractivity contribution is 5.92. The molecule has 5 nitrogen and oxygen atoms in total. The number of carbonyl (C=O) groups excluding carboxylic acids is 1. The molecule has 2 aromatic rings. The van der Waals surface area contributed by atoms with Crippen molar-refractivity contribution in [3.63, 3.8) is 0 Å². The third-order valence-corrected chi connectivity index (χ3v) is 4.08. The molecule has 3 rings (SSSR count). The van der Waals surface area contributed by atoms with E-state index in [4.69, 9.17) is 15.2 Å². The zero-order chi connectivity index (χ0) is 17.1. The summed E-state index contributed by atoms with van der Waals surface area (Å²) in [5, 5.41) is 12.0. The quantitative estimate of drug-likeness (QED) is 0.846. The van der Waals surface area contributed by atoms with Gasteiger partial charge in [-0.1, -0.05) is 18.2 Å². The third kappa shape index (κ3) is 3.93. The fourth-order valence-corrected chi connectivity index (χ4v) is 2.77. The molecular weight excluding hydrogens is 306 g/mol. The molecule has 1 aliphatic rings. The molecule has 24 heavy (non-hydrogen) atoms. The van der Waals surface area contributed by atoms with E-state index in [-0.39, 0.29) is 6.10 Å². The first kappa shape index (κ1) is 16.5. The number of hydrogen-bond donors (Lipinski definition) is 2. The van der Waals surface area contributed by atoms with Gasteiger partial charge >= 0.3 is 0 Å². The Hall–Kier alpha value is -2.37. The maximum absolute atomic E-state index is 10.8. The lowest BCUT2D eigenvalue weighted by molar-refractivity contribution is -0.196. The van der Waals surface area contributed by atoms with Crippen LogP contribution in [0, 0.1) is 0 Å². The van der Waals surface area contributed by atoms with Crippen molar-refractivity contribution in [3.8, 4) is 5.75 Å². The summed E-state index contributed by atoms with van der Waals surface area (Å²) in [5.74, 6) is 0.181. The van der Waals surface area contributed by atoms with Crippen LogP contribution in [0.1, 0.15) is 25.3 Å². The predicted octanol–water partition coefficient (Wildman–Crippen LogP) is 2.60. The van der Waals surface area contributed by atoms with Crippen LogP contribution in [0.15, 0.2) is 42.5 Å². The molecule has 0 spiro atoms. The van der Waals surface area contributed by atoms with Crippen LogP contribution < -0.4 is 10.5 Å². The molecule has 3 N–H and O–H groups in total. The van der Waals surface area contributed by atoms with Crippen molar-refractivity contribution in [1.82, 2.24) is 0 Å². The number of amides is 1. The zero-order valence-corrected chi connectivity index (χ0v) is 13.5. The molecule has 3 atom stereocenters. The highest BCUT2D eigenvalue weighted by atomic mass is 16.7. The molecule has 126 valence electrons. The average molecular weight is 327 g/mol. The van der Waals surface area contributed by atoms with Gasteiger partial charge in [0.1, 0.15) is 11.9 Å². The van der Waals surface area contributed by atoms with E-state index in [1.54, 1.807) is 6.08 Å². The molecule has 0 saturated carbocycles. The third-order valence-electron chi connectivity index (χ3n) is 4.08. The predicted molar refractivity (Wildman–Crippen MR) is 92.4 cm³/mol. The summed E-state index contributed by atoms with van der Waals surface area (Å²) in [4.78, 5) is 10.8. The molecule has 1 heterocycles. The average Bonchev–Trinajstić information content (AvgIpc) is 2.56. The van der Waals surface area contributed by atoms with Gasteiger partial charge in [-0.25, -0.2) is 0 Å². The molecular formula is C19H21NO4. The second-order valence-electron chi connectivity index (χ2n) is 6.08. The van der Waals surface area contributed by atoms with E-state index in [0.29, 0.717) is 12.2 Å².